The number of esters is 1. The molecule has 1 unspecified atom stereocenters. The summed E-state index contributed by atoms with van der Waals surface area (Å²) in [5.41, 5.74) is 3.55. The molecule has 10 nitrogen and oxygen atoms in total. The van der Waals surface area contributed by atoms with Crippen LogP contribution in [-0.4, -0.2) is 50.2 Å². The zero-order valence-corrected chi connectivity index (χ0v) is 23.8. The van der Waals surface area contributed by atoms with Gasteiger partial charge in [-0.1, -0.05) is 65.9 Å². The van der Waals surface area contributed by atoms with E-state index >= 15 is 0 Å². The van der Waals surface area contributed by atoms with Crippen molar-refractivity contribution in [3.63, 3.8) is 0 Å². The molecule has 4 aromatic rings. The summed E-state index contributed by atoms with van der Waals surface area (Å²) in [5, 5.41) is 34.4. The van der Waals surface area contributed by atoms with Crippen molar-refractivity contribution >= 4 is 34.2 Å². The van der Waals surface area contributed by atoms with Gasteiger partial charge in [0.05, 0.1) is 25.1 Å². The number of nitrogens with zero attached hydrogens (tertiary/aromatic N) is 4. The van der Waals surface area contributed by atoms with Crippen molar-refractivity contribution in [2.75, 3.05) is 17.2 Å². The fourth-order valence-corrected chi connectivity index (χ4v) is 4.99. The predicted molar refractivity (Wildman–Crippen MR) is 157 cm³/mol. The van der Waals surface area contributed by atoms with Crippen LogP contribution in [0.15, 0.2) is 66.7 Å². The minimum absolute atomic E-state index is 0.108. The summed E-state index contributed by atoms with van der Waals surface area (Å²) in [5.74, 6) is 0.107. The monoisotopic (exact) mass is 574 g/mol. The number of hydrogen-bond donors (Lipinski definition) is 3. The SMILES string of the molecule is CCOC(=O)Cc1cccc(CC(O)Nc2ccc(CCCCc3nnc(NC(=O)Cc4ccccc4)s3)nn2)c1. The lowest BCUT2D eigenvalue weighted by molar-refractivity contribution is -0.142. The lowest BCUT2D eigenvalue weighted by Gasteiger charge is -2.14. The van der Waals surface area contributed by atoms with Crippen LogP contribution < -0.4 is 10.6 Å². The Morgan fingerprint density at radius 1 is 0.878 bits per heavy atom. The van der Waals surface area contributed by atoms with Crippen LogP contribution in [0.2, 0.25) is 0 Å². The molecule has 214 valence electrons. The highest BCUT2D eigenvalue weighted by atomic mass is 32.1. The quantitative estimate of drug-likeness (QED) is 0.109. The molecule has 0 aliphatic carbocycles. The molecule has 0 radical (unpaired) electrons. The third kappa shape index (κ3) is 10.4. The Balaban J connectivity index is 1.15. The van der Waals surface area contributed by atoms with Crippen LogP contribution >= 0.6 is 11.3 Å². The number of anilines is 2. The van der Waals surface area contributed by atoms with E-state index in [0.717, 1.165) is 53.1 Å². The first-order valence-electron chi connectivity index (χ1n) is 13.6. The van der Waals surface area contributed by atoms with Crippen molar-refractivity contribution in [1.82, 2.24) is 20.4 Å². The standard InChI is InChI=1S/C30H34N6O4S/c1-2-40-29(39)20-23-12-8-11-22(17-23)19-26(37)31-25-16-15-24(33-34-25)13-6-7-14-28-35-36-30(41-28)32-27(38)18-21-9-4-3-5-10-21/h3-5,8-12,15-17,26,37H,2,6-7,13-14,18-20H2,1H3,(H,31,34)(H,32,36,38). The first kappa shape index (κ1) is 29.8. The fourth-order valence-electron chi connectivity index (χ4n) is 4.19. The molecule has 1 atom stereocenters. The summed E-state index contributed by atoms with van der Waals surface area (Å²) in [6.45, 7) is 2.13. The van der Waals surface area contributed by atoms with Crippen LogP contribution in [0.1, 0.15) is 47.2 Å². The largest absolute Gasteiger partial charge is 0.466 e. The molecule has 1 amide bonds. The van der Waals surface area contributed by atoms with Gasteiger partial charge in [-0.05, 0) is 55.0 Å². The second-order valence-corrected chi connectivity index (χ2v) is 10.6. The highest BCUT2D eigenvalue weighted by molar-refractivity contribution is 7.15. The fraction of sp³-hybridized carbons (Fsp3) is 0.333. The summed E-state index contributed by atoms with van der Waals surface area (Å²) >= 11 is 1.40. The van der Waals surface area contributed by atoms with E-state index in [4.69, 9.17) is 4.74 Å². The molecule has 11 heteroatoms. The number of amides is 1. The van der Waals surface area contributed by atoms with Crippen molar-refractivity contribution in [2.45, 2.75) is 58.1 Å². The van der Waals surface area contributed by atoms with E-state index in [9.17, 15) is 14.7 Å². The van der Waals surface area contributed by atoms with Crippen LogP contribution in [0, 0.1) is 0 Å². The molecule has 0 fully saturated rings. The molecule has 0 saturated carbocycles. The van der Waals surface area contributed by atoms with Gasteiger partial charge in [0.2, 0.25) is 11.0 Å². The number of hydrogen-bond acceptors (Lipinski definition) is 10. The lowest BCUT2D eigenvalue weighted by Crippen LogP contribution is -2.22. The molecule has 0 bridgehead atoms. The second-order valence-electron chi connectivity index (χ2n) is 9.49. The zero-order valence-electron chi connectivity index (χ0n) is 23.0. The Bertz CT molecular complexity index is 1400. The number of aliphatic hydroxyl groups is 1. The Hall–Kier alpha value is -4.22. The Kier molecular flexibility index (Phi) is 11.3. The third-order valence-corrected chi connectivity index (χ3v) is 7.00. The topological polar surface area (TPSA) is 139 Å². The van der Waals surface area contributed by atoms with Gasteiger partial charge in [-0.2, -0.15) is 5.10 Å². The number of aliphatic hydroxyl groups excluding tert-OH is 1. The smallest absolute Gasteiger partial charge is 0.310 e. The Labute approximate surface area is 243 Å². The van der Waals surface area contributed by atoms with Gasteiger partial charge in [0.15, 0.2) is 5.82 Å². The lowest BCUT2D eigenvalue weighted by atomic mass is 10.1. The van der Waals surface area contributed by atoms with Crippen LogP contribution in [0.3, 0.4) is 0 Å². The van der Waals surface area contributed by atoms with Crippen molar-refractivity contribution in [2.24, 2.45) is 0 Å². The van der Waals surface area contributed by atoms with Crippen molar-refractivity contribution < 1.29 is 19.4 Å². The molecule has 0 spiro atoms. The molecule has 0 saturated heterocycles. The van der Waals surface area contributed by atoms with E-state index in [-0.39, 0.29) is 18.3 Å². The van der Waals surface area contributed by atoms with E-state index in [1.165, 1.54) is 11.3 Å². The number of aromatic nitrogens is 4. The zero-order chi connectivity index (χ0) is 28.9. The number of carbonyl (C=O) groups excluding carboxylic acids is 2. The van der Waals surface area contributed by atoms with Crippen LogP contribution in [0.25, 0.3) is 0 Å². The molecule has 2 aromatic carbocycles. The average molecular weight is 575 g/mol. The molecule has 41 heavy (non-hydrogen) atoms. The summed E-state index contributed by atoms with van der Waals surface area (Å²) in [6.07, 6.45) is 3.35. The number of rotatable bonds is 15. The molecule has 4 rings (SSSR count). The van der Waals surface area contributed by atoms with Crippen LogP contribution in [0.5, 0.6) is 0 Å². The van der Waals surface area contributed by atoms with Crippen molar-refractivity contribution in [3.05, 3.63) is 94.1 Å². The summed E-state index contributed by atoms with van der Waals surface area (Å²) in [6, 6.07) is 20.8. The normalized spacial score (nSPS) is 11.6. The molecule has 0 aliphatic heterocycles. The molecule has 3 N–H and O–H groups in total. The summed E-state index contributed by atoms with van der Waals surface area (Å²) in [4.78, 5) is 23.9. The van der Waals surface area contributed by atoms with Crippen molar-refractivity contribution in [3.8, 4) is 0 Å². The highest BCUT2D eigenvalue weighted by Crippen LogP contribution is 2.18. The van der Waals surface area contributed by atoms with Gasteiger partial charge in [-0.3, -0.25) is 9.59 Å². The van der Waals surface area contributed by atoms with E-state index in [0.29, 0.717) is 30.4 Å². The first-order chi connectivity index (χ1) is 20.0. The summed E-state index contributed by atoms with van der Waals surface area (Å²) in [7, 11) is 0. The van der Waals surface area contributed by atoms with Gasteiger partial charge in [-0.15, -0.1) is 15.3 Å². The third-order valence-electron chi connectivity index (χ3n) is 6.10. The second kappa shape index (κ2) is 15.5. The summed E-state index contributed by atoms with van der Waals surface area (Å²) < 4.78 is 5.00. The number of nitrogens with one attached hydrogen (secondary N) is 2. The number of unbranched alkanes of at least 4 members (excludes halogenated alkanes) is 1. The van der Waals surface area contributed by atoms with Gasteiger partial charge >= 0.3 is 5.97 Å². The van der Waals surface area contributed by atoms with Gasteiger partial charge in [0.1, 0.15) is 11.2 Å². The number of aryl methyl sites for hydroxylation is 2. The minimum atomic E-state index is -0.854. The molecule has 2 aromatic heterocycles. The van der Waals surface area contributed by atoms with E-state index in [1.807, 2.05) is 60.7 Å². The maximum Gasteiger partial charge on any atom is 0.310 e. The van der Waals surface area contributed by atoms with E-state index in [2.05, 4.69) is 31.0 Å². The maximum absolute atomic E-state index is 12.2. The predicted octanol–water partition coefficient (Wildman–Crippen LogP) is 4.15. The van der Waals surface area contributed by atoms with E-state index in [1.54, 1.807) is 13.0 Å². The van der Waals surface area contributed by atoms with E-state index < -0.39 is 6.23 Å². The number of carbonyl (C=O) groups is 2. The van der Waals surface area contributed by atoms with Gasteiger partial charge in [0, 0.05) is 12.8 Å². The first-order valence-corrected chi connectivity index (χ1v) is 14.5. The Morgan fingerprint density at radius 2 is 1.66 bits per heavy atom. The molecule has 0 aliphatic rings. The van der Waals surface area contributed by atoms with Gasteiger partial charge < -0.3 is 20.5 Å². The van der Waals surface area contributed by atoms with Crippen molar-refractivity contribution in [1.29, 1.82) is 0 Å². The van der Waals surface area contributed by atoms with Gasteiger partial charge in [-0.25, -0.2) is 0 Å². The highest BCUT2D eigenvalue weighted by Gasteiger charge is 2.11. The molecule has 2 heterocycles. The molecular weight excluding hydrogens is 540 g/mol. The maximum atomic E-state index is 12.2. The molecular formula is C30H34N6O4S. The van der Waals surface area contributed by atoms with Crippen LogP contribution in [0.4, 0.5) is 10.9 Å². The Morgan fingerprint density at radius 3 is 2.44 bits per heavy atom. The number of ether oxygens (including phenoxy) is 1. The average Bonchev–Trinajstić information content (AvgIpc) is 3.39. The minimum Gasteiger partial charge on any atom is -0.466 e. The van der Waals surface area contributed by atoms with Crippen LogP contribution in [-0.2, 0) is 46.4 Å². The van der Waals surface area contributed by atoms with Gasteiger partial charge in [0.25, 0.3) is 0 Å². The number of benzene rings is 2.